The average molecular weight is 282 g/mol. The highest BCUT2D eigenvalue weighted by Gasteiger charge is 2.13. The van der Waals surface area contributed by atoms with Gasteiger partial charge in [-0.15, -0.1) is 0 Å². The number of anilines is 1. The lowest BCUT2D eigenvalue weighted by molar-refractivity contribution is 0.584. The maximum Gasteiger partial charge on any atom is 0.150 e. The van der Waals surface area contributed by atoms with E-state index in [-0.39, 0.29) is 16.8 Å². The summed E-state index contributed by atoms with van der Waals surface area (Å²) >= 11 is 5.86. The van der Waals surface area contributed by atoms with E-state index < -0.39 is 11.6 Å². The second-order valence-electron chi connectivity index (χ2n) is 4.52. The third kappa shape index (κ3) is 3.24. The molecule has 19 heavy (non-hydrogen) atoms. The Morgan fingerprint density at radius 3 is 2.53 bits per heavy atom. The molecule has 1 atom stereocenters. The number of benzene rings is 2. The van der Waals surface area contributed by atoms with Gasteiger partial charge in [0.1, 0.15) is 5.82 Å². The van der Waals surface area contributed by atoms with E-state index in [2.05, 4.69) is 5.32 Å². The molecule has 4 heteroatoms. The molecule has 0 aromatic heterocycles. The molecule has 0 saturated heterocycles. The van der Waals surface area contributed by atoms with Gasteiger partial charge in [-0.05, 0) is 25.5 Å². The number of hydrogen-bond acceptors (Lipinski definition) is 1. The molecule has 2 rings (SSSR count). The third-order valence-electron chi connectivity index (χ3n) is 2.91. The van der Waals surface area contributed by atoms with Crippen molar-refractivity contribution in [2.45, 2.75) is 19.9 Å². The molecule has 0 aliphatic rings. The van der Waals surface area contributed by atoms with Gasteiger partial charge in [0.25, 0.3) is 0 Å². The van der Waals surface area contributed by atoms with E-state index in [9.17, 15) is 8.78 Å². The van der Waals surface area contributed by atoms with Crippen molar-refractivity contribution in [2.24, 2.45) is 0 Å². The number of hydrogen-bond donors (Lipinski definition) is 1. The molecule has 1 nitrogen and oxygen atoms in total. The van der Waals surface area contributed by atoms with Crippen LogP contribution in [0.25, 0.3) is 0 Å². The van der Waals surface area contributed by atoms with Gasteiger partial charge in [-0.3, -0.25) is 0 Å². The quantitative estimate of drug-likeness (QED) is 0.825. The van der Waals surface area contributed by atoms with Crippen LogP contribution < -0.4 is 5.32 Å². The SMILES string of the molecule is Cc1cccc(C(C)Nc2c(F)cc(F)cc2Cl)c1. The number of nitrogens with one attached hydrogen (secondary N) is 1. The minimum absolute atomic E-state index is 0.0389. The second kappa shape index (κ2) is 5.57. The zero-order valence-electron chi connectivity index (χ0n) is 10.7. The van der Waals surface area contributed by atoms with Crippen LogP contribution in [0.5, 0.6) is 0 Å². The molecule has 0 heterocycles. The average Bonchev–Trinajstić information content (AvgIpc) is 2.33. The molecule has 100 valence electrons. The maximum atomic E-state index is 13.7. The Morgan fingerprint density at radius 2 is 1.89 bits per heavy atom. The standard InChI is InChI=1S/C15H14ClF2N/c1-9-4-3-5-11(6-9)10(2)19-15-13(16)7-12(17)8-14(15)18/h3-8,10,19H,1-2H3. The molecular weight excluding hydrogens is 268 g/mol. The molecule has 0 amide bonds. The van der Waals surface area contributed by atoms with Crippen LogP contribution >= 0.6 is 11.6 Å². The second-order valence-corrected chi connectivity index (χ2v) is 4.93. The minimum atomic E-state index is -0.690. The highest BCUT2D eigenvalue weighted by Crippen LogP contribution is 2.30. The zero-order chi connectivity index (χ0) is 14.0. The van der Waals surface area contributed by atoms with Crippen LogP contribution in [0.1, 0.15) is 24.1 Å². The highest BCUT2D eigenvalue weighted by atomic mass is 35.5. The lowest BCUT2D eigenvalue weighted by Crippen LogP contribution is -2.09. The molecular formula is C15H14ClF2N. The van der Waals surface area contributed by atoms with Crippen LogP contribution in [0.4, 0.5) is 14.5 Å². The molecule has 0 spiro atoms. The Bertz CT molecular complexity index is 575. The summed E-state index contributed by atoms with van der Waals surface area (Å²) in [5, 5.41) is 3.01. The summed E-state index contributed by atoms with van der Waals surface area (Å²) in [5.41, 5.74) is 2.26. The van der Waals surface area contributed by atoms with Crippen molar-refractivity contribution in [2.75, 3.05) is 5.32 Å². The molecule has 0 bridgehead atoms. The Hall–Kier alpha value is -1.61. The minimum Gasteiger partial charge on any atom is -0.375 e. The molecule has 0 aliphatic heterocycles. The van der Waals surface area contributed by atoms with Crippen molar-refractivity contribution in [1.82, 2.24) is 0 Å². The molecule has 0 saturated carbocycles. The van der Waals surface area contributed by atoms with E-state index >= 15 is 0 Å². The molecule has 0 radical (unpaired) electrons. The fraction of sp³-hybridized carbons (Fsp3) is 0.200. The fourth-order valence-electron chi connectivity index (χ4n) is 1.92. The van der Waals surface area contributed by atoms with Crippen molar-refractivity contribution in [1.29, 1.82) is 0 Å². The Morgan fingerprint density at radius 1 is 1.16 bits per heavy atom. The summed E-state index contributed by atoms with van der Waals surface area (Å²) in [7, 11) is 0. The fourth-order valence-corrected chi connectivity index (χ4v) is 2.17. The monoisotopic (exact) mass is 281 g/mol. The van der Waals surface area contributed by atoms with Crippen LogP contribution in [-0.4, -0.2) is 0 Å². The summed E-state index contributed by atoms with van der Waals surface area (Å²) < 4.78 is 26.6. The van der Waals surface area contributed by atoms with E-state index in [1.807, 2.05) is 38.1 Å². The van der Waals surface area contributed by atoms with Gasteiger partial charge in [0, 0.05) is 12.1 Å². The number of rotatable bonds is 3. The van der Waals surface area contributed by atoms with Crippen LogP contribution in [0.2, 0.25) is 5.02 Å². The normalized spacial score (nSPS) is 12.3. The topological polar surface area (TPSA) is 12.0 Å². The molecule has 2 aromatic carbocycles. The van der Waals surface area contributed by atoms with Gasteiger partial charge >= 0.3 is 0 Å². The molecule has 0 aliphatic carbocycles. The van der Waals surface area contributed by atoms with Crippen molar-refractivity contribution >= 4 is 17.3 Å². The van der Waals surface area contributed by atoms with Crippen molar-refractivity contribution < 1.29 is 8.78 Å². The van der Waals surface area contributed by atoms with Crippen LogP contribution in [-0.2, 0) is 0 Å². The predicted molar refractivity (Wildman–Crippen MR) is 74.6 cm³/mol. The van der Waals surface area contributed by atoms with Gasteiger partial charge < -0.3 is 5.32 Å². The van der Waals surface area contributed by atoms with Gasteiger partial charge in [0.2, 0.25) is 0 Å². The first kappa shape index (κ1) is 13.8. The lowest BCUT2D eigenvalue weighted by Gasteiger charge is -2.18. The smallest absolute Gasteiger partial charge is 0.150 e. The van der Waals surface area contributed by atoms with Crippen LogP contribution in [0.3, 0.4) is 0 Å². The van der Waals surface area contributed by atoms with Gasteiger partial charge in [-0.2, -0.15) is 0 Å². The predicted octanol–water partition coefficient (Wildman–Crippen LogP) is 5.10. The maximum absolute atomic E-state index is 13.7. The highest BCUT2D eigenvalue weighted by molar-refractivity contribution is 6.33. The Labute approximate surface area is 116 Å². The first-order chi connectivity index (χ1) is 8.97. The molecule has 0 fully saturated rings. The van der Waals surface area contributed by atoms with Gasteiger partial charge in [0.15, 0.2) is 5.82 Å². The molecule has 2 aromatic rings. The summed E-state index contributed by atoms with van der Waals surface area (Å²) in [6.45, 7) is 3.88. The first-order valence-electron chi connectivity index (χ1n) is 5.95. The molecule has 1 unspecified atom stereocenters. The van der Waals surface area contributed by atoms with E-state index in [4.69, 9.17) is 11.6 Å². The summed E-state index contributed by atoms with van der Waals surface area (Å²) in [6.07, 6.45) is 0. The van der Waals surface area contributed by atoms with E-state index in [0.29, 0.717) is 0 Å². The van der Waals surface area contributed by atoms with Gasteiger partial charge in [-0.25, -0.2) is 8.78 Å². The van der Waals surface area contributed by atoms with Crippen molar-refractivity contribution in [3.63, 3.8) is 0 Å². The van der Waals surface area contributed by atoms with E-state index in [1.54, 1.807) is 0 Å². The largest absolute Gasteiger partial charge is 0.375 e. The lowest BCUT2D eigenvalue weighted by atomic mass is 10.1. The summed E-state index contributed by atoms with van der Waals surface area (Å²) in [5.74, 6) is -1.37. The van der Waals surface area contributed by atoms with Crippen molar-refractivity contribution in [3.05, 3.63) is 64.2 Å². The first-order valence-corrected chi connectivity index (χ1v) is 6.33. The summed E-state index contributed by atoms with van der Waals surface area (Å²) in [4.78, 5) is 0. The zero-order valence-corrected chi connectivity index (χ0v) is 11.4. The van der Waals surface area contributed by atoms with Crippen LogP contribution in [0, 0.1) is 18.6 Å². The third-order valence-corrected chi connectivity index (χ3v) is 3.21. The van der Waals surface area contributed by atoms with Crippen molar-refractivity contribution in [3.8, 4) is 0 Å². The summed E-state index contributed by atoms with van der Waals surface area (Å²) in [6, 6.07) is 9.66. The number of halogens is 3. The Balaban J connectivity index is 2.26. The van der Waals surface area contributed by atoms with Gasteiger partial charge in [0.05, 0.1) is 10.7 Å². The number of aryl methyl sites for hydroxylation is 1. The van der Waals surface area contributed by atoms with E-state index in [1.165, 1.54) is 0 Å². The Kier molecular flexibility index (Phi) is 4.05. The molecule has 1 N–H and O–H groups in total. The van der Waals surface area contributed by atoms with Crippen LogP contribution in [0.15, 0.2) is 36.4 Å². The van der Waals surface area contributed by atoms with E-state index in [0.717, 1.165) is 23.3 Å². The van der Waals surface area contributed by atoms with Gasteiger partial charge in [-0.1, -0.05) is 41.4 Å².